The molecule has 0 saturated heterocycles. The smallest absolute Gasteiger partial charge is 0.208 e. The van der Waals surface area contributed by atoms with Gasteiger partial charge in [-0.2, -0.15) is 0 Å². The van der Waals surface area contributed by atoms with Crippen LogP contribution in [0.2, 0.25) is 0 Å². The summed E-state index contributed by atoms with van der Waals surface area (Å²) in [6.07, 6.45) is 0. The van der Waals surface area contributed by atoms with Gasteiger partial charge in [-0.3, -0.25) is 4.79 Å². The fraction of sp³-hybridized carbons (Fsp3) is 0.188. The van der Waals surface area contributed by atoms with Crippen molar-refractivity contribution in [2.75, 3.05) is 21.3 Å². The van der Waals surface area contributed by atoms with Crippen LogP contribution in [0, 0.1) is 0 Å². The molecule has 0 spiro atoms. The molecule has 3 rings (SSSR count). The summed E-state index contributed by atoms with van der Waals surface area (Å²) in [4.78, 5) is 12.8. The zero-order valence-corrected chi connectivity index (χ0v) is 12.7. The van der Waals surface area contributed by atoms with Crippen LogP contribution in [0.4, 0.5) is 0 Å². The molecule has 120 valence electrons. The Hall–Kier alpha value is -3.09. The average molecular weight is 318 g/mol. The van der Waals surface area contributed by atoms with Crippen LogP contribution in [0.1, 0.15) is 0 Å². The lowest BCUT2D eigenvalue weighted by atomic mass is 10.1. The minimum absolute atomic E-state index is 0.00837. The van der Waals surface area contributed by atoms with Crippen LogP contribution >= 0.6 is 0 Å². The van der Waals surface area contributed by atoms with E-state index in [0.29, 0.717) is 0 Å². The van der Waals surface area contributed by atoms with E-state index >= 15 is 0 Å². The van der Waals surface area contributed by atoms with Crippen molar-refractivity contribution in [2.24, 2.45) is 0 Å². The quantitative estimate of drug-likeness (QED) is 0.715. The lowest BCUT2D eigenvalue weighted by molar-refractivity contribution is 0.335. The Morgan fingerprint density at radius 3 is 2.22 bits per heavy atom. The molecule has 0 aliphatic carbocycles. The molecule has 0 fully saturated rings. The zero-order chi connectivity index (χ0) is 16.7. The molecule has 2 aromatic carbocycles. The third-order valence-corrected chi connectivity index (χ3v) is 3.59. The fourth-order valence-corrected chi connectivity index (χ4v) is 2.56. The molecule has 2 N–H and O–H groups in total. The molecule has 1 aromatic heterocycles. The van der Waals surface area contributed by atoms with Crippen molar-refractivity contribution in [1.29, 1.82) is 0 Å². The average Bonchev–Trinajstić information content (AvgIpc) is 2.53. The van der Waals surface area contributed by atoms with Crippen LogP contribution in [0.15, 0.2) is 27.4 Å². The van der Waals surface area contributed by atoms with Gasteiger partial charge in [-0.05, 0) is 12.1 Å². The number of benzene rings is 2. The summed E-state index contributed by atoms with van der Waals surface area (Å²) in [6.45, 7) is 0. The third kappa shape index (κ3) is 2.01. The summed E-state index contributed by atoms with van der Waals surface area (Å²) in [5.74, 6) is -0.366. The van der Waals surface area contributed by atoms with Crippen molar-refractivity contribution in [3.63, 3.8) is 0 Å². The first-order valence-corrected chi connectivity index (χ1v) is 6.63. The number of phenols is 2. The molecular formula is C16H14O7. The first-order valence-electron chi connectivity index (χ1n) is 6.63. The Morgan fingerprint density at radius 1 is 0.913 bits per heavy atom. The molecule has 0 unspecified atom stereocenters. The van der Waals surface area contributed by atoms with Gasteiger partial charge in [0.2, 0.25) is 11.2 Å². The fourth-order valence-electron chi connectivity index (χ4n) is 2.56. The van der Waals surface area contributed by atoms with Gasteiger partial charge in [-0.1, -0.05) is 0 Å². The second-order valence-corrected chi connectivity index (χ2v) is 4.76. The second kappa shape index (κ2) is 5.28. The van der Waals surface area contributed by atoms with Crippen LogP contribution in [-0.2, 0) is 0 Å². The predicted octanol–water partition coefficient (Wildman–Crippen LogP) is 2.38. The molecule has 0 aliphatic rings. The van der Waals surface area contributed by atoms with Crippen molar-refractivity contribution in [3.8, 4) is 28.7 Å². The maximum absolute atomic E-state index is 12.8. The van der Waals surface area contributed by atoms with Crippen molar-refractivity contribution < 1.29 is 28.8 Å². The third-order valence-electron chi connectivity index (χ3n) is 3.59. The topological polar surface area (TPSA) is 98.4 Å². The van der Waals surface area contributed by atoms with E-state index in [1.165, 1.54) is 39.5 Å². The first kappa shape index (κ1) is 14.8. The van der Waals surface area contributed by atoms with Crippen LogP contribution in [0.3, 0.4) is 0 Å². The first-order chi connectivity index (χ1) is 11.0. The normalized spacial score (nSPS) is 10.9. The Kier molecular flexibility index (Phi) is 3.40. The minimum atomic E-state index is -0.521. The van der Waals surface area contributed by atoms with Gasteiger partial charge in [-0.15, -0.1) is 0 Å². The molecule has 0 saturated carbocycles. The van der Waals surface area contributed by atoms with Gasteiger partial charge >= 0.3 is 0 Å². The maximum Gasteiger partial charge on any atom is 0.208 e. The van der Waals surface area contributed by atoms with Gasteiger partial charge < -0.3 is 28.8 Å². The molecule has 0 amide bonds. The summed E-state index contributed by atoms with van der Waals surface area (Å²) in [7, 11) is 4.06. The highest BCUT2D eigenvalue weighted by atomic mass is 16.5. The molecule has 0 atom stereocenters. The number of methoxy groups -OCH3 is 3. The van der Waals surface area contributed by atoms with E-state index in [2.05, 4.69) is 0 Å². The largest absolute Gasteiger partial charge is 0.504 e. The highest BCUT2D eigenvalue weighted by molar-refractivity contribution is 5.98. The van der Waals surface area contributed by atoms with Crippen molar-refractivity contribution in [1.82, 2.24) is 0 Å². The van der Waals surface area contributed by atoms with Gasteiger partial charge in [0.15, 0.2) is 23.0 Å². The standard InChI is InChI=1S/C16H14O7/c1-20-9-5-4-8-11(13(9)18)14(19)12-10(23-8)6-7(17)15(21-2)16(12)22-3/h4-6,17-18H,1-3H3. The lowest BCUT2D eigenvalue weighted by Gasteiger charge is -2.13. The molecule has 23 heavy (non-hydrogen) atoms. The van der Waals surface area contributed by atoms with Crippen LogP contribution < -0.4 is 19.6 Å². The Morgan fingerprint density at radius 2 is 1.61 bits per heavy atom. The minimum Gasteiger partial charge on any atom is -0.504 e. The number of rotatable bonds is 3. The lowest BCUT2D eigenvalue weighted by Crippen LogP contribution is -2.06. The number of hydrogen-bond donors (Lipinski definition) is 2. The van der Waals surface area contributed by atoms with E-state index in [1.54, 1.807) is 0 Å². The van der Waals surface area contributed by atoms with Crippen LogP contribution in [-0.4, -0.2) is 31.5 Å². The summed E-state index contributed by atoms with van der Waals surface area (Å²) in [5.41, 5.74) is -0.248. The van der Waals surface area contributed by atoms with E-state index in [4.69, 9.17) is 18.6 Å². The van der Waals surface area contributed by atoms with E-state index in [1.807, 2.05) is 0 Å². The SMILES string of the molecule is COc1ccc2oc3cc(O)c(OC)c(OC)c3c(=O)c2c1O. The monoisotopic (exact) mass is 318 g/mol. The Balaban J connectivity index is 2.58. The van der Waals surface area contributed by atoms with Crippen molar-refractivity contribution in [2.45, 2.75) is 0 Å². The van der Waals surface area contributed by atoms with E-state index < -0.39 is 5.43 Å². The predicted molar refractivity (Wildman–Crippen MR) is 83.0 cm³/mol. The molecule has 0 bridgehead atoms. The van der Waals surface area contributed by atoms with Gasteiger partial charge in [0, 0.05) is 6.07 Å². The van der Waals surface area contributed by atoms with Gasteiger partial charge in [-0.25, -0.2) is 0 Å². The van der Waals surface area contributed by atoms with E-state index in [-0.39, 0.29) is 50.7 Å². The Bertz CT molecular complexity index is 972. The number of aromatic hydroxyl groups is 2. The van der Waals surface area contributed by atoms with Crippen LogP contribution in [0.5, 0.6) is 28.7 Å². The van der Waals surface area contributed by atoms with Crippen molar-refractivity contribution in [3.05, 3.63) is 28.4 Å². The molecule has 3 aromatic rings. The number of fused-ring (bicyclic) bond motifs is 2. The molecule has 0 radical (unpaired) electrons. The van der Waals surface area contributed by atoms with Crippen molar-refractivity contribution >= 4 is 21.9 Å². The molecule has 7 nitrogen and oxygen atoms in total. The van der Waals surface area contributed by atoms with Gasteiger partial charge in [0.05, 0.1) is 21.3 Å². The summed E-state index contributed by atoms with van der Waals surface area (Å²) >= 11 is 0. The second-order valence-electron chi connectivity index (χ2n) is 4.76. The molecule has 1 heterocycles. The highest BCUT2D eigenvalue weighted by Gasteiger charge is 2.22. The number of ether oxygens (including phenoxy) is 3. The number of hydrogen-bond acceptors (Lipinski definition) is 7. The summed E-state index contributed by atoms with van der Waals surface area (Å²) in [5, 5.41) is 20.2. The van der Waals surface area contributed by atoms with E-state index in [9.17, 15) is 15.0 Å². The molecule has 7 heteroatoms. The maximum atomic E-state index is 12.8. The molecule has 0 aliphatic heterocycles. The Labute approximate surface area is 130 Å². The summed E-state index contributed by atoms with van der Waals surface area (Å²) < 4.78 is 20.9. The van der Waals surface area contributed by atoms with E-state index in [0.717, 1.165) is 0 Å². The highest BCUT2D eigenvalue weighted by Crippen LogP contribution is 2.43. The zero-order valence-electron chi connectivity index (χ0n) is 12.7. The van der Waals surface area contributed by atoms with Crippen LogP contribution in [0.25, 0.3) is 21.9 Å². The van der Waals surface area contributed by atoms with Gasteiger partial charge in [0.25, 0.3) is 0 Å². The van der Waals surface area contributed by atoms with Gasteiger partial charge in [0.1, 0.15) is 21.9 Å². The summed E-state index contributed by atoms with van der Waals surface area (Å²) in [6, 6.07) is 4.24. The number of phenolic OH excluding ortho intramolecular Hbond substituents is 2. The molecular weight excluding hydrogens is 304 g/mol.